The molecule has 1 aromatic rings. The van der Waals surface area contributed by atoms with Crippen LogP contribution in [0.1, 0.15) is 22.8 Å². The van der Waals surface area contributed by atoms with Crippen LogP contribution in [0.5, 0.6) is 5.75 Å². The van der Waals surface area contributed by atoms with Crippen LogP contribution in [0.2, 0.25) is 5.82 Å². The lowest BCUT2D eigenvalue weighted by Gasteiger charge is -2.27. The van der Waals surface area contributed by atoms with E-state index in [2.05, 4.69) is 0 Å². The minimum absolute atomic E-state index is 0.120. The van der Waals surface area contributed by atoms with E-state index in [4.69, 9.17) is 4.65 Å². The largest absolute Gasteiger partial charge is 0.545 e. The van der Waals surface area contributed by atoms with E-state index in [1.165, 1.54) is 6.07 Å². The molecule has 0 saturated carbocycles. The lowest BCUT2D eigenvalue weighted by molar-refractivity contribution is -0.255. The Morgan fingerprint density at radius 2 is 2.38 bits per heavy atom. The first-order valence-electron chi connectivity index (χ1n) is 4.88. The van der Waals surface area contributed by atoms with Gasteiger partial charge in [0.05, 0.1) is 11.5 Å². The second kappa shape index (κ2) is 3.79. The number of carbonyl (C=O) groups is 1. The molecule has 1 N–H and O–H groups in total. The molecule has 1 aromatic carbocycles. The maximum atomic E-state index is 13.3. The van der Waals surface area contributed by atoms with Crippen molar-refractivity contribution in [3.05, 3.63) is 29.1 Å². The Bertz CT molecular complexity index is 449. The van der Waals surface area contributed by atoms with Crippen LogP contribution in [0.25, 0.3) is 0 Å². The smallest absolute Gasteiger partial charge is 0.525 e. The molecule has 0 amide bonds. The number of hydrogen-bond donors (Lipinski definition) is 1. The van der Waals surface area contributed by atoms with Gasteiger partial charge in [-0.25, -0.2) is 4.39 Å². The highest BCUT2D eigenvalue weighted by atomic mass is 19.1. The summed E-state index contributed by atoms with van der Waals surface area (Å²) in [6, 6.07) is 2.53. The minimum atomic E-state index is -1.64. The standard InChI is InChI=1S/C10H10BFO4/c1-5-4-6-2-3-7(12)8(10(13)14)9(6)16-11(5)15/h2-3,5,15H,4H2,1H3,(H,13,14)/p-1/t5-/m0/s1. The summed E-state index contributed by atoms with van der Waals surface area (Å²) in [4.78, 5) is 10.8. The highest BCUT2D eigenvalue weighted by Gasteiger charge is 2.33. The summed E-state index contributed by atoms with van der Waals surface area (Å²) in [5.41, 5.74) is -0.0538. The van der Waals surface area contributed by atoms with Crippen molar-refractivity contribution in [1.82, 2.24) is 0 Å². The zero-order valence-electron chi connectivity index (χ0n) is 8.57. The van der Waals surface area contributed by atoms with Gasteiger partial charge in [0.25, 0.3) is 0 Å². The van der Waals surface area contributed by atoms with Crippen LogP contribution in [-0.4, -0.2) is 18.1 Å². The van der Waals surface area contributed by atoms with Crippen molar-refractivity contribution in [3.8, 4) is 5.75 Å². The number of aromatic carboxylic acids is 1. The summed E-state index contributed by atoms with van der Waals surface area (Å²) in [5.74, 6) is -2.84. The van der Waals surface area contributed by atoms with E-state index in [1.54, 1.807) is 6.92 Å². The van der Waals surface area contributed by atoms with Crippen molar-refractivity contribution in [2.45, 2.75) is 19.2 Å². The van der Waals surface area contributed by atoms with Gasteiger partial charge in [0, 0.05) is 5.82 Å². The Morgan fingerprint density at radius 1 is 1.69 bits per heavy atom. The van der Waals surface area contributed by atoms with Crippen LogP contribution in [0, 0.1) is 5.82 Å². The van der Waals surface area contributed by atoms with Gasteiger partial charge in [-0.3, -0.25) is 0 Å². The number of carbonyl (C=O) groups excluding carboxylic acids is 1. The number of hydrogen-bond acceptors (Lipinski definition) is 4. The molecule has 0 unspecified atom stereocenters. The van der Waals surface area contributed by atoms with E-state index < -0.39 is 24.5 Å². The quantitative estimate of drug-likeness (QED) is 0.680. The van der Waals surface area contributed by atoms with Crippen molar-refractivity contribution >= 4 is 13.1 Å². The number of fused-ring (bicyclic) bond motifs is 1. The molecule has 0 fully saturated rings. The SMILES string of the molecule is C[C@H]1Cc2ccc(F)c(C(=O)[O-])c2OB1O. The van der Waals surface area contributed by atoms with Gasteiger partial charge in [0.2, 0.25) is 0 Å². The highest BCUT2D eigenvalue weighted by Crippen LogP contribution is 2.35. The number of rotatable bonds is 1. The normalized spacial score (nSPS) is 18.9. The number of halogens is 1. The van der Waals surface area contributed by atoms with E-state index in [1.807, 2.05) is 0 Å². The van der Waals surface area contributed by atoms with Crippen molar-refractivity contribution < 1.29 is 24.0 Å². The van der Waals surface area contributed by atoms with Gasteiger partial charge in [-0.1, -0.05) is 13.0 Å². The fourth-order valence-electron chi connectivity index (χ4n) is 1.77. The zero-order valence-corrected chi connectivity index (χ0v) is 8.57. The van der Waals surface area contributed by atoms with Crippen LogP contribution in [0.4, 0.5) is 4.39 Å². The van der Waals surface area contributed by atoms with Gasteiger partial charge >= 0.3 is 7.12 Å². The second-order valence-corrected chi connectivity index (χ2v) is 3.89. The summed E-state index contributed by atoms with van der Waals surface area (Å²) in [7, 11) is -1.12. The predicted molar refractivity (Wildman–Crippen MR) is 52.5 cm³/mol. The van der Waals surface area contributed by atoms with Crippen LogP contribution >= 0.6 is 0 Å². The van der Waals surface area contributed by atoms with Crippen molar-refractivity contribution in [1.29, 1.82) is 0 Å². The fourth-order valence-corrected chi connectivity index (χ4v) is 1.77. The van der Waals surface area contributed by atoms with Gasteiger partial charge in [-0.15, -0.1) is 0 Å². The van der Waals surface area contributed by atoms with Crippen LogP contribution in [0.3, 0.4) is 0 Å². The predicted octanol–water partition coefficient (Wildman–Crippen LogP) is -0.00530. The fraction of sp³-hybridized carbons (Fsp3) is 0.300. The van der Waals surface area contributed by atoms with E-state index in [-0.39, 0.29) is 11.6 Å². The van der Waals surface area contributed by atoms with Crippen LogP contribution < -0.4 is 9.76 Å². The first kappa shape index (κ1) is 10.9. The molecule has 0 saturated heterocycles. The summed E-state index contributed by atoms with van der Waals surface area (Å²) in [6.07, 6.45) is 0.442. The lowest BCUT2D eigenvalue weighted by Crippen LogP contribution is -2.35. The molecule has 1 atom stereocenters. The molecule has 2 rings (SSSR count). The Labute approximate surface area is 91.8 Å². The summed E-state index contributed by atoms with van der Waals surface area (Å²) in [5, 5.41) is 20.2. The maximum absolute atomic E-state index is 13.3. The zero-order chi connectivity index (χ0) is 11.9. The lowest BCUT2D eigenvalue weighted by atomic mass is 9.68. The Morgan fingerprint density at radius 3 is 3.00 bits per heavy atom. The maximum Gasteiger partial charge on any atom is 0.525 e. The Kier molecular flexibility index (Phi) is 2.59. The Hall–Kier alpha value is -1.56. The summed E-state index contributed by atoms with van der Waals surface area (Å²) in [6.45, 7) is 1.76. The number of carboxylic acids is 1. The van der Waals surface area contributed by atoms with Crippen molar-refractivity contribution in [3.63, 3.8) is 0 Å². The van der Waals surface area contributed by atoms with E-state index >= 15 is 0 Å². The monoisotopic (exact) mass is 223 g/mol. The van der Waals surface area contributed by atoms with Crippen molar-refractivity contribution in [2.24, 2.45) is 0 Å². The third-order valence-corrected chi connectivity index (χ3v) is 2.66. The highest BCUT2D eigenvalue weighted by molar-refractivity contribution is 6.46. The third-order valence-electron chi connectivity index (χ3n) is 2.66. The average Bonchev–Trinajstić information content (AvgIpc) is 2.20. The third kappa shape index (κ3) is 1.65. The van der Waals surface area contributed by atoms with Gasteiger partial charge in [-0.05, 0) is 18.1 Å². The van der Waals surface area contributed by atoms with Crippen LogP contribution in [0.15, 0.2) is 12.1 Å². The second-order valence-electron chi connectivity index (χ2n) is 3.89. The molecule has 1 aliphatic heterocycles. The molecular weight excluding hydrogens is 214 g/mol. The van der Waals surface area contributed by atoms with E-state index in [9.17, 15) is 19.3 Å². The molecule has 0 bridgehead atoms. The van der Waals surface area contributed by atoms with Crippen LogP contribution in [-0.2, 0) is 6.42 Å². The topological polar surface area (TPSA) is 69.6 Å². The van der Waals surface area contributed by atoms with E-state index in [0.29, 0.717) is 12.0 Å². The molecule has 16 heavy (non-hydrogen) atoms. The van der Waals surface area contributed by atoms with Gasteiger partial charge < -0.3 is 19.6 Å². The van der Waals surface area contributed by atoms with E-state index in [0.717, 1.165) is 6.07 Å². The first-order valence-corrected chi connectivity index (χ1v) is 4.88. The summed E-state index contributed by atoms with van der Waals surface area (Å²) < 4.78 is 18.3. The first-order chi connectivity index (χ1) is 7.50. The van der Waals surface area contributed by atoms with Gasteiger partial charge in [0.15, 0.2) is 0 Å². The molecule has 84 valence electrons. The molecular formula is C10H9BFO4-. The molecule has 4 nitrogen and oxygen atoms in total. The van der Waals surface area contributed by atoms with Gasteiger partial charge in [0.1, 0.15) is 11.6 Å². The molecule has 0 spiro atoms. The number of carboxylic acid groups (broad SMARTS) is 1. The Balaban J connectivity index is 2.56. The molecule has 0 aromatic heterocycles. The average molecular weight is 223 g/mol. The minimum Gasteiger partial charge on any atom is -0.545 e. The van der Waals surface area contributed by atoms with Gasteiger partial charge in [-0.2, -0.15) is 0 Å². The number of benzene rings is 1. The molecule has 6 heteroatoms. The summed E-state index contributed by atoms with van der Waals surface area (Å²) >= 11 is 0. The molecule has 0 aliphatic carbocycles. The molecule has 1 heterocycles. The molecule has 0 radical (unpaired) electrons. The molecule has 1 aliphatic rings. The van der Waals surface area contributed by atoms with Crippen molar-refractivity contribution in [2.75, 3.05) is 0 Å².